The Balaban J connectivity index is 2.00. The highest BCUT2D eigenvalue weighted by molar-refractivity contribution is 7.11. The lowest BCUT2D eigenvalue weighted by Gasteiger charge is -2.11. The van der Waals surface area contributed by atoms with Gasteiger partial charge >= 0.3 is 0 Å². The molecule has 0 saturated heterocycles. The standard InChI is InChI=1S/C15H20N2OS/c1-3-8-18-15-9-12(5-7-14(15)16)17-10-13-6-4-11(2)19-13/h4-7,9,17H,3,8,10,16H2,1-2H3. The molecule has 0 radical (unpaired) electrons. The monoisotopic (exact) mass is 276 g/mol. The van der Waals surface area contributed by atoms with E-state index in [1.807, 2.05) is 29.5 Å². The van der Waals surface area contributed by atoms with E-state index in [0.717, 1.165) is 24.4 Å². The molecule has 0 amide bonds. The van der Waals surface area contributed by atoms with Gasteiger partial charge in [-0.05, 0) is 37.6 Å². The van der Waals surface area contributed by atoms with E-state index in [1.54, 1.807) is 0 Å². The van der Waals surface area contributed by atoms with Crippen molar-refractivity contribution >= 4 is 22.7 Å². The van der Waals surface area contributed by atoms with Crippen molar-refractivity contribution in [2.24, 2.45) is 0 Å². The maximum absolute atomic E-state index is 5.89. The topological polar surface area (TPSA) is 47.3 Å². The summed E-state index contributed by atoms with van der Waals surface area (Å²) in [6.45, 7) is 5.72. The van der Waals surface area contributed by atoms with Gasteiger partial charge in [0.2, 0.25) is 0 Å². The molecule has 1 aromatic carbocycles. The molecule has 1 heterocycles. The molecule has 0 bridgehead atoms. The minimum Gasteiger partial charge on any atom is -0.491 e. The predicted molar refractivity (Wildman–Crippen MR) is 83.0 cm³/mol. The SMILES string of the molecule is CCCOc1cc(NCc2ccc(C)s2)ccc1N. The van der Waals surface area contributed by atoms with Crippen LogP contribution in [-0.4, -0.2) is 6.61 Å². The lowest BCUT2D eigenvalue weighted by atomic mass is 10.2. The third-order valence-corrected chi connectivity index (χ3v) is 3.74. The summed E-state index contributed by atoms with van der Waals surface area (Å²) in [7, 11) is 0. The third kappa shape index (κ3) is 3.89. The van der Waals surface area contributed by atoms with Gasteiger partial charge < -0.3 is 15.8 Å². The summed E-state index contributed by atoms with van der Waals surface area (Å²) in [6, 6.07) is 10.1. The van der Waals surface area contributed by atoms with E-state index < -0.39 is 0 Å². The molecule has 4 heteroatoms. The molecule has 0 aliphatic heterocycles. The summed E-state index contributed by atoms with van der Waals surface area (Å²) in [6.07, 6.45) is 0.978. The molecule has 0 fully saturated rings. The number of nitrogens with one attached hydrogen (secondary N) is 1. The van der Waals surface area contributed by atoms with E-state index in [-0.39, 0.29) is 0 Å². The molecule has 2 aromatic rings. The third-order valence-electron chi connectivity index (χ3n) is 2.74. The molecule has 2 rings (SSSR count). The second-order valence-electron chi connectivity index (χ2n) is 4.47. The zero-order chi connectivity index (χ0) is 13.7. The highest BCUT2D eigenvalue weighted by atomic mass is 32.1. The van der Waals surface area contributed by atoms with Crippen LogP contribution in [0.2, 0.25) is 0 Å². The van der Waals surface area contributed by atoms with Gasteiger partial charge in [0.05, 0.1) is 12.3 Å². The zero-order valence-corrected chi connectivity index (χ0v) is 12.2. The molecular formula is C15H20N2OS. The molecule has 0 atom stereocenters. The first-order valence-electron chi connectivity index (χ1n) is 6.50. The van der Waals surface area contributed by atoms with Gasteiger partial charge in [-0.15, -0.1) is 11.3 Å². The predicted octanol–water partition coefficient (Wildman–Crippen LogP) is 4.04. The van der Waals surface area contributed by atoms with E-state index in [1.165, 1.54) is 9.75 Å². The molecule has 1 aromatic heterocycles. The van der Waals surface area contributed by atoms with Crippen molar-refractivity contribution in [2.75, 3.05) is 17.7 Å². The van der Waals surface area contributed by atoms with E-state index in [0.29, 0.717) is 12.3 Å². The Morgan fingerprint density at radius 3 is 2.79 bits per heavy atom. The van der Waals surface area contributed by atoms with Crippen LogP contribution in [0.4, 0.5) is 11.4 Å². The van der Waals surface area contributed by atoms with Gasteiger partial charge in [-0.3, -0.25) is 0 Å². The summed E-state index contributed by atoms with van der Waals surface area (Å²) >= 11 is 1.81. The van der Waals surface area contributed by atoms with Crippen LogP contribution in [0, 0.1) is 6.92 Å². The summed E-state index contributed by atoms with van der Waals surface area (Å²) in [4.78, 5) is 2.66. The van der Waals surface area contributed by atoms with E-state index in [4.69, 9.17) is 10.5 Å². The van der Waals surface area contributed by atoms with Crippen molar-refractivity contribution in [3.05, 3.63) is 40.1 Å². The van der Waals surface area contributed by atoms with Crippen molar-refractivity contribution in [3.63, 3.8) is 0 Å². The fraction of sp³-hybridized carbons (Fsp3) is 0.333. The Kier molecular flexibility index (Phi) is 4.68. The van der Waals surface area contributed by atoms with Crippen molar-refractivity contribution in [1.82, 2.24) is 0 Å². The van der Waals surface area contributed by atoms with Crippen LogP contribution in [0.1, 0.15) is 23.1 Å². The number of rotatable bonds is 6. The van der Waals surface area contributed by atoms with Gasteiger partial charge in [0.15, 0.2) is 0 Å². The minimum atomic E-state index is 0.686. The summed E-state index contributed by atoms with van der Waals surface area (Å²) < 4.78 is 5.62. The number of anilines is 2. The number of aryl methyl sites for hydroxylation is 1. The maximum Gasteiger partial charge on any atom is 0.144 e. The molecule has 0 aliphatic carbocycles. The Labute approximate surface area is 118 Å². The molecule has 0 spiro atoms. The van der Waals surface area contributed by atoms with Crippen LogP contribution in [-0.2, 0) is 6.54 Å². The van der Waals surface area contributed by atoms with E-state index in [2.05, 4.69) is 31.3 Å². The normalized spacial score (nSPS) is 10.4. The zero-order valence-electron chi connectivity index (χ0n) is 11.4. The van der Waals surface area contributed by atoms with Gasteiger partial charge in [-0.1, -0.05) is 6.92 Å². The number of ether oxygens (including phenoxy) is 1. The first-order valence-corrected chi connectivity index (χ1v) is 7.32. The fourth-order valence-electron chi connectivity index (χ4n) is 1.75. The average molecular weight is 276 g/mol. The van der Waals surface area contributed by atoms with Crippen LogP contribution in [0.15, 0.2) is 30.3 Å². The molecule has 3 nitrogen and oxygen atoms in total. The minimum absolute atomic E-state index is 0.686. The van der Waals surface area contributed by atoms with Crippen LogP contribution >= 0.6 is 11.3 Å². The van der Waals surface area contributed by atoms with Crippen molar-refractivity contribution < 1.29 is 4.74 Å². The lowest BCUT2D eigenvalue weighted by Crippen LogP contribution is -2.02. The number of hydrogen-bond acceptors (Lipinski definition) is 4. The first kappa shape index (κ1) is 13.7. The van der Waals surface area contributed by atoms with Gasteiger partial charge in [-0.25, -0.2) is 0 Å². The highest BCUT2D eigenvalue weighted by Crippen LogP contribution is 2.26. The molecular weight excluding hydrogens is 256 g/mol. The van der Waals surface area contributed by atoms with Crippen molar-refractivity contribution in [1.29, 1.82) is 0 Å². The number of hydrogen-bond donors (Lipinski definition) is 2. The molecule has 19 heavy (non-hydrogen) atoms. The summed E-state index contributed by atoms with van der Waals surface area (Å²) in [5.74, 6) is 0.759. The molecule has 0 saturated carbocycles. The smallest absolute Gasteiger partial charge is 0.144 e. The summed E-state index contributed by atoms with van der Waals surface area (Å²) in [5, 5.41) is 3.39. The number of nitrogens with two attached hydrogens (primary N) is 1. The Hall–Kier alpha value is -1.68. The van der Waals surface area contributed by atoms with Gasteiger partial charge in [0, 0.05) is 28.1 Å². The van der Waals surface area contributed by atoms with Crippen molar-refractivity contribution in [3.8, 4) is 5.75 Å². The van der Waals surface area contributed by atoms with Crippen molar-refractivity contribution in [2.45, 2.75) is 26.8 Å². The van der Waals surface area contributed by atoms with Gasteiger partial charge in [0.1, 0.15) is 5.75 Å². The van der Waals surface area contributed by atoms with E-state index in [9.17, 15) is 0 Å². The highest BCUT2D eigenvalue weighted by Gasteiger charge is 2.03. The Morgan fingerprint density at radius 1 is 1.26 bits per heavy atom. The number of thiophene rings is 1. The van der Waals surface area contributed by atoms with Crippen LogP contribution in [0.5, 0.6) is 5.75 Å². The maximum atomic E-state index is 5.89. The molecule has 0 unspecified atom stereocenters. The molecule has 0 aliphatic rings. The fourth-order valence-corrected chi connectivity index (χ4v) is 2.58. The molecule has 3 N–H and O–H groups in total. The average Bonchev–Trinajstić information content (AvgIpc) is 2.82. The van der Waals surface area contributed by atoms with Gasteiger partial charge in [0.25, 0.3) is 0 Å². The largest absolute Gasteiger partial charge is 0.491 e. The van der Waals surface area contributed by atoms with Crippen LogP contribution < -0.4 is 15.8 Å². The Morgan fingerprint density at radius 2 is 2.11 bits per heavy atom. The second kappa shape index (κ2) is 6.48. The second-order valence-corrected chi connectivity index (χ2v) is 5.84. The lowest BCUT2D eigenvalue weighted by molar-refractivity contribution is 0.319. The number of nitrogen functional groups attached to an aromatic ring is 1. The molecule has 102 valence electrons. The summed E-state index contributed by atoms with van der Waals surface area (Å²) in [5.41, 5.74) is 7.61. The Bertz CT molecular complexity index is 537. The first-order chi connectivity index (χ1) is 9.19. The van der Waals surface area contributed by atoms with Gasteiger partial charge in [-0.2, -0.15) is 0 Å². The quantitative estimate of drug-likeness (QED) is 0.783. The number of benzene rings is 1. The van der Waals surface area contributed by atoms with E-state index >= 15 is 0 Å². The van der Waals surface area contributed by atoms with Crippen LogP contribution in [0.3, 0.4) is 0 Å². The van der Waals surface area contributed by atoms with Crippen LogP contribution in [0.25, 0.3) is 0 Å².